The first-order chi connectivity index (χ1) is 8.68. The van der Waals surface area contributed by atoms with Gasteiger partial charge in [-0.3, -0.25) is 4.79 Å². The molecule has 0 spiro atoms. The van der Waals surface area contributed by atoms with Crippen LogP contribution in [0.2, 0.25) is 0 Å². The molecule has 3 fully saturated rings. The molecule has 2 aliphatic carbocycles. The highest BCUT2D eigenvalue weighted by Gasteiger charge is 2.51. The van der Waals surface area contributed by atoms with Crippen molar-refractivity contribution in [3.63, 3.8) is 0 Å². The molecule has 1 saturated carbocycles. The number of allylic oxidation sites excluding steroid dienone is 2. The van der Waals surface area contributed by atoms with Gasteiger partial charge in [0, 0.05) is 5.92 Å². The first-order valence-corrected chi connectivity index (χ1v) is 7.03. The van der Waals surface area contributed by atoms with Gasteiger partial charge < -0.3 is 10.0 Å². The van der Waals surface area contributed by atoms with Crippen LogP contribution in [0.25, 0.3) is 0 Å². The van der Waals surface area contributed by atoms with Crippen molar-refractivity contribution in [3.8, 4) is 0 Å². The number of carbonyl (C=O) groups is 1. The van der Waals surface area contributed by atoms with Gasteiger partial charge in [0.05, 0.1) is 17.7 Å². The van der Waals surface area contributed by atoms with Crippen LogP contribution in [0.5, 0.6) is 0 Å². The van der Waals surface area contributed by atoms with Crippen molar-refractivity contribution in [2.24, 2.45) is 5.92 Å². The second-order valence-corrected chi connectivity index (χ2v) is 5.80. The zero-order chi connectivity index (χ0) is 12.8. The first kappa shape index (κ1) is 12.0. The molecule has 2 saturated heterocycles. The summed E-state index contributed by atoms with van der Waals surface area (Å²) in [5.41, 5.74) is -0.198. The van der Waals surface area contributed by atoms with Crippen LogP contribution >= 0.6 is 0 Å². The Morgan fingerprint density at radius 1 is 1.44 bits per heavy atom. The molecule has 0 unspecified atom stereocenters. The van der Waals surface area contributed by atoms with E-state index in [1.54, 1.807) is 0 Å². The Labute approximate surface area is 108 Å². The monoisotopic (exact) mass is 247 g/mol. The van der Waals surface area contributed by atoms with Crippen LogP contribution in [0.15, 0.2) is 24.3 Å². The summed E-state index contributed by atoms with van der Waals surface area (Å²) in [5.74, 6) is 0.311. The summed E-state index contributed by atoms with van der Waals surface area (Å²) in [6.07, 6.45) is 12.4. The number of piperidine rings is 2. The van der Waals surface area contributed by atoms with E-state index < -0.39 is 0 Å². The minimum Gasteiger partial charge on any atom is -0.391 e. The van der Waals surface area contributed by atoms with E-state index in [0.29, 0.717) is 6.42 Å². The zero-order valence-corrected chi connectivity index (χ0v) is 10.9. The molecule has 4 aliphatic rings. The van der Waals surface area contributed by atoms with E-state index in [9.17, 15) is 9.90 Å². The fourth-order valence-electron chi connectivity index (χ4n) is 3.83. The molecule has 0 aromatic rings. The average molecular weight is 247 g/mol. The van der Waals surface area contributed by atoms with Gasteiger partial charge >= 0.3 is 0 Å². The third kappa shape index (κ3) is 1.57. The number of rotatable bonds is 2. The Bertz CT molecular complexity index is 415. The van der Waals surface area contributed by atoms with Crippen molar-refractivity contribution in [2.75, 3.05) is 0 Å². The maximum Gasteiger partial charge on any atom is 0.226 e. The van der Waals surface area contributed by atoms with Crippen LogP contribution in [0.3, 0.4) is 0 Å². The number of hydrogen-bond acceptors (Lipinski definition) is 2. The predicted octanol–water partition coefficient (Wildman–Crippen LogP) is 2.02. The molecule has 98 valence electrons. The van der Waals surface area contributed by atoms with Crippen molar-refractivity contribution < 1.29 is 9.90 Å². The predicted molar refractivity (Wildman–Crippen MR) is 69.9 cm³/mol. The second kappa shape index (κ2) is 4.23. The summed E-state index contributed by atoms with van der Waals surface area (Å²) in [7, 11) is 0. The summed E-state index contributed by atoms with van der Waals surface area (Å²) >= 11 is 0. The minimum atomic E-state index is -0.329. The van der Waals surface area contributed by atoms with Crippen molar-refractivity contribution >= 4 is 5.91 Å². The van der Waals surface area contributed by atoms with E-state index in [-0.39, 0.29) is 29.5 Å². The molecule has 0 radical (unpaired) electrons. The molecule has 18 heavy (non-hydrogen) atoms. The lowest BCUT2D eigenvalue weighted by molar-refractivity contribution is -0.166. The number of aliphatic hydroxyl groups is 1. The lowest BCUT2D eigenvalue weighted by Crippen LogP contribution is -2.66. The van der Waals surface area contributed by atoms with Crippen molar-refractivity contribution in [2.45, 2.75) is 56.7 Å². The van der Waals surface area contributed by atoms with Gasteiger partial charge in [0.2, 0.25) is 5.91 Å². The summed E-state index contributed by atoms with van der Waals surface area (Å²) in [4.78, 5) is 14.6. The second-order valence-electron chi connectivity index (χ2n) is 5.80. The molecule has 2 heterocycles. The number of nitrogens with zero attached hydrogens (tertiary/aromatic N) is 1. The lowest BCUT2D eigenvalue weighted by Gasteiger charge is -2.55. The molecule has 4 rings (SSSR count). The topological polar surface area (TPSA) is 40.5 Å². The van der Waals surface area contributed by atoms with Crippen LogP contribution in [0, 0.1) is 5.92 Å². The largest absolute Gasteiger partial charge is 0.391 e. The van der Waals surface area contributed by atoms with Gasteiger partial charge in [-0.25, -0.2) is 0 Å². The number of amides is 1. The van der Waals surface area contributed by atoms with E-state index in [2.05, 4.69) is 19.1 Å². The van der Waals surface area contributed by atoms with E-state index in [1.165, 1.54) is 0 Å². The molecule has 2 bridgehead atoms. The van der Waals surface area contributed by atoms with E-state index in [0.717, 1.165) is 25.7 Å². The highest BCUT2D eigenvalue weighted by molar-refractivity contribution is 5.82. The summed E-state index contributed by atoms with van der Waals surface area (Å²) < 4.78 is 0. The van der Waals surface area contributed by atoms with Crippen molar-refractivity contribution in [1.82, 2.24) is 4.90 Å². The molecule has 1 amide bonds. The molecule has 1 N–H and O–H groups in total. The van der Waals surface area contributed by atoms with E-state index in [1.807, 2.05) is 17.1 Å². The van der Waals surface area contributed by atoms with Gasteiger partial charge in [-0.05, 0) is 32.1 Å². The molecule has 3 heteroatoms. The standard InChI is InChI=1S/C15H21NO2/c1-2-15(8-4-3-5-9-15)16-12-7-6-11(14(16)18)10-13(12)17/h3-5,8,11-13,17H,2,6-7,9-10H2,1H3/t11-,12+,13+,15-/m1/s1. The molecular weight excluding hydrogens is 226 g/mol. The van der Waals surface area contributed by atoms with Gasteiger partial charge in [0.1, 0.15) is 0 Å². The Morgan fingerprint density at radius 2 is 2.28 bits per heavy atom. The van der Waals surface area contributed by atoms with Crippen molar-refractivity contribution in [3.05, 3.63) is 24.3 Å². The Balaban J connectivity index is 1.97. The highest BCUT2D eigenvalue weighted by Crippen LogP contribution is 2.43. The quantitative estimate of drug-likeness (QED) is 0.811. The highest BCUT2D eigenvalue weighted by atomic mass is 16.3. The SMILES string of the molecule is CC[C@@]1(N2C(=O)[C@@H]3CC[C@H]2[C@@H](O)C3)C=CC=CC1. The van der Waals surface area contributed by atoms with Crippen LogP contribution in [-0.2, 0) is 4.79 Å². The van der Waals surface area contributed by atoms with Gasteiger partial charge in [-0.1, -0.05) is 31.2 Å². The van der Waals surface area contributed by atoms with Gasteiger partial charge in [0.25, 0.3) is 0 Å². The minimum absolute atomic E-state index is 0.0265. The third-order valence-electron chi connectivity index (χ3n) is 4.92. The fraction of sp³-hybridized carbons (Fsp3) is 0.667. The summed E-state index contributed by atoms with van der Waals surface area (Å²) in [6.45, 7) is 2.13. The van der Waals surface area contributed by atoms with Gasteiger partial charge in [-0.15, -0.1) is 0 Å². The lowest BCUT2D eigenvalue weighted by atomic mass is 9.72. The van der Waals surface area contributed by atoms with Gasteiger partial charge in [0.15, 0.2) is 0 Å². The summed E-state index contributed by atoms with van der Waals surface area (Å²) in [6, 6.07) is 0.0265. The maximum atomic E-state index is 12.6. The van der Waals surface area contributed by atoms with Crippen LogP contribution in [-0.4, -0.2) is 33.6 Å². The normalized spacial score (nSPS) is 42.7. The fourth-order valence-corrected chi connectivity index (χ4v) is 3.83. The molecule has 0 aromatic heterocycles. The Hall–Kier alpha value is -1.09. The molecule has 3 nitrogen and oxygen atoms in total. The number of aliphatic hydroxyl groups excluding tert-OH is 1. The number of carbonyl (C=O) groups excluding carboxylic acids is 1. The first-order valence-electron chi connectivity index (χ1n) is 7.03. The van der Waals surface area contributed by atoms with Crippen LogP contribution in [0.1, 0.15) is 39.0 Å². The Morgan fingerprint density at radius 3 is 2.89 bits per heavy atom. The van der Waals surface area contributed by atoms with E-state index >= 15 is 0 Å². The van der Waals surface area contributed by atoms with Gasteiger partial charge in [-0.2, -0.15) is 0 Å². The number of hydrogen-bond donors (Lipinski definition) is 1. The molecule has 2 aliphatic heterocycles. The van der Waals surface area contributed by atoms with Crippen LogP contribution < -0.4 is 0 Å². The zero-order valence-electron chi connectivity index (χ0n) is 10.9. The molecule has 0 aromatic carbocycles. The van der Waals surface area contributed by atoms with E-state index in [4.69, 9.17) is 0 Å². The average Bonchev–Trinajstić information content (AvgIpc) is 2.41. The smallest absolute Gasteiger partial charge is 0.226 e. The Kier molecular flexibility index (Phi) is 2.81. The van der Waals surface area contributed by atoms with Crippen LogP contribution in [0.4, 0.5) is 0 Å². The van der Waals surface area contributed by atoms with Crippen molar-refractivity contribution in [1.29, 1.82) is 0 Å². The molecular formula is C15H21NO2. The molecule has 4 atom stereocenters. The third-order valence-corrected chi connectivity index (χ3v) is 4.92. The summed E-state index contributed by atoms with van der Waals surface area (Å²) in [5, 5.41) is 10.2. The number of fused-ring (bicyclic) bond motifs is 3. The maximum absolute atomic E-state index is 12.6.